The van der Waals surface area contributed by atoms with Crippen LogP contribution < -0.4 is 5.32 Å². The first-order valence-electron chi connectivity index (χ1n) is 7.41. The third kappa shape index (κ3) is 5.65. The highest BCUT2D eigenvalue weighted by molar-refractivity contribution is 6.30. The minimum Gasteiger partial charge on any atom is -0.468 e. The average molecular weight is 311 g/mol. The van der Waals surface area contributed by atoms with Gasteiger partial charge in [-0.1, -0.05) is 23.7 Å². The summed E-state index contributed by atoms with van der Waals surface area (Å²) in [5.41, 5.74) is 1.16. The van der Waals surface area contributed by atoms with E-state index < -0.39 is 0 Å². The van der Waals surface area contributed by atoms with Gasteiger partial charge in [0, 0.05) is 18.1 Å². The molecule has 1 atom stereocenters. The molecule has 4 nitrogen and oxygen atoms in total. The van der Waals surface area contributed by atoms with Crippen molar-refractivity contribution < 1.29 is 9.53 Å². The van der Waals surface area contributed by atoms with E-state index in [4.69, 9.17) is 16.3 Å². The summed E-state index contributed by atoms with van der Waals surface area (Å²) in [6, 6.07) is 7.78. The number of benzene rings is 1. The maximum atomic E-state index is 11.6. The Balaban J connectivity index is 1.96. The van der Waals surface area contributed by atoms with Crippen LogP contribution in [0.1, 0.15) is 18.4 Å². The Kier molecular flexibility index (Phi) is 6.49. The van der Waals surface area contributed by atoms with E-state index >= 15 is 0 Å². The van der Waals surface area contributed by atoms with E-state index in [0.29, 0.717) is 12.5 Å². The van der Waals surface area contributed by atoms with E-state index in [0.717, 1.165) is 36.8 Å². The third-order valence-corrected chi connectivity index (χ3v) is 4.07. The van der Waals surface area contributed by atoms with Crippen LogP contribution in [0.5, 0.6) is 0 Å². The Morgan fingerprint density at radius 2 is 2.19 bits per heavy atom. The molecule has 21 heavy (non-hydrogen) atoms. The van der Waals surface area contributed by atoms with Crippen molar-refractivity contribution in [3.63, 3.8) is 0 Å². The predicted molar refractivity (Wildman–Crippen MR) is 84.3 cm³/mol. The van der Waals surface area contributed by atoms with Gasteiger partial charge >= 0.3 is 5.97 Å². The normalized spacial score (nSPS) is 18.7. The number of nitrogens with one attached hydrogen (secondary N) is 1. The van der Waals surface area contributed by atoms with Crippen LogP contribution in [0.4, 0.5) is 0 Å². The fraction of sp³-hybridized carbons (Fsp3) is 0.562. The van der Waals surface area contributed by atoms with Crippen molar-refractivity contribution in [1.82, 2.24) is 10.2 Å². The average Bonchev–Trinajstić information content (AvgIpc) is 2.50. The second-order valence-corrected chi connectivity index (χ2v) is 6.02. The van der Waals surface area contributed by atoms with Gasteiger partial charge in [-0.15, -0.1) is 0 Å². The van der Waals surface area contributed by atoms with Crippen LogP contribution in [-0.2, 0) is 16.1 Å². The smallest absolute Gasteiger partial charge is 0.319 e. The van der Waals surface area contributed by atoms with Crippen molar-refractivity contribution in [2.24, 2.45) is 5.92 Å². The Labute approximate surface area is 131 Å². The number of carbonyl (C=O) groups is 1. The van der Waals surface area contributed by atoms with Gasteiger partial charge < -0.3 is 10.1 Å². The lowest BCUT2D eigenvalue weighted by molar-refractivity contribution is -0.142. The fourth-order valence-electron chi connectivity index (χ4n) is 2.73. The number of hydrogen-bond donors (Lipinski definition) is 1. The summed E-state index contributed by atoms with van der Waals surface area (Å²) >= 11 is 5.91. The van der Waals surface area contributed by atoms with Gasteiger partial charge in [0.2, 0.25) is 0 Å². The molecule has 0 amide bonds. The van der Waals surface area contributed by atoms with E-state index in [1.54, 1.807) is 0 Å². The molecular formula is C16H23ClN2O2. The zero-order valence-electron chi connectivity index (χ0n) is 12.5. The van der Waals surface area contributed by atoms with Crippen molar-refractivity contribution in [2.45, 2.75) is 19.4 Å². The Bertz CT molecular complexity index is 444. The molecule has 1 aliphatic rings. The summed E-state index contributed by atoms with van der Waals surface area (Å²) in [7, 11) is 1.44. The van der Waals surface area contributed by atoms with Crippen LogP contribution in [0.2, 0.25) is 5.02 Å². The number of carbonyl (C=O) groups excluding carboxylic acids is 1. The Morgan fingerprint density at radius 1 is 1.43 bits per heavy atom. The summed E-state index contributed by atoms with van der Waals surface area (Å²) in [4.78, 5) is 13.8. The number of nitrogens with zero attached hydrogens (tertiary/aromatic N) is 1. The second kappa shape index (κ2) is 8.37. The molecule has 116 valence electrons. The molecule has 1 aromatic rings. The number of methoxy groups -OCH3 is 1. The molecule has 1 N–H and O–H groups in total. The van der Waals surface area contributed by atoms with Crippen molar-refractivity contribution in [3.05, 3.63) is 34.9 Å². The van der Waals surface area contributed by atoms with Crippen molar-refractivity contribution >= 4 is 17.6 Å². The van der Waals surface area contributed by atoms with Gasteiger partial charge in [0.1, 0.15) is 0 Å². The number of rotatable bonds is 6. The zero-order valence-corrected chi connectivity index (χ0v) is 13.2. The number of ether oxygens (including phenoxy) is 1. The summed E-state index contributed by atoms with van der Waals surface area (Å²) < 4.78 is 4.81. The van der Waals surface area contributed by atoms with Crippen LogP contribution in [0, 0.1) is 5.92 Å². The zero-order chi connectivity index (χ0) is 15.1. The first-order chi connectivity index (χ1) is 10.2. The van der Waals surface area contributed by atoms with Crippen molar-refractivity contribution in [2.75, 3.05) is 33.3 Å². The summed E-state index contributed by atoms with van der Waals surface area (Å²) in [6.45, 7) is 4.10. The molecule has 0 aromatic heterocycles. The molecule has 0 bridgehead atoms. The lowest BCUT2D eigenvalue weighted by Gasteiger charge is -2.29. The molecule has 0 aliphatic carbocycles. The van der Waals surface area contributed by atoms with E-state index in [1.165, 1.54) is 20.0 Å². The van der Waals surface area contributed by atoms with Gasteiger partial charge in [0.25, 0.3) is 0 Å². The lowest BCUT2D eigenvalue weighted by atomic mass is 9.99. The van der Waals surface area contributed by atoms with Gasteiger partial charge in [-0.3, -0.25) is 9.69 Å². The molecule has 1 unspecified atom stereocenters. The number of halogens is 1. The molecule has 0 spiro atoms. The third-order valence-electron chi connectivity index (χ3n) is 3.82. The van der Waals surface area contributed by atoms with Crippen LogP contribution >= 0.6 is 11.6 Å². The molecule has 2 rings (SSSR count). The molecule has 5 heteroatoms. The van der Waals surface area contributed by atoms with Gasteiger partial charge in [-0.2, -0.15) is 0 Å². The van der Waals surface area contributed by atoms with Gasteiger partial charge in [0.15, 0.2) is 0 Å². The van der Waals surface area contributed by atoms with Crippen LogP contribution in [0.15, 0.2) is 24.3 Å². The molecule has 0 radical (unpaired) electrons. The maximum Gasteiger partial charge on any atom is 0.319 e. The molecule has 1 fully saturated rings. The SMILES string of the molecule is COC(=O)CN(Cc1ccc(Cl)cc1)CC1CCCNC1. The minimum atomic E-state index is -0.187. The molecular weight excluding hydrogens is 288 g/mol. The summed E-state index contributed by atoms with van der Waals surface area (Å²) in [5, 5.41) is 4.15. The molecule has 1 aromatic carbocycles. The highest BCUT2D eigenvalue weighted by Crippen LogP contribution is 2.15. The fourth-order valence-corrected chi connectivity index (χ4v) is 2.85. The Hall–Kier alpha value is -1.10. The number of hydrogen-bond acceptors (Lipinski definition) is 4. The highest BCUT2D eigenvalue weighted by Gasteiger charge is 2.19. The summed E-state index contributed by atoms with van der Waals surface area (Å²) in [5.74, 6) is 0.406. The van der Waals surface area contributed by atoms with E-state index in [1.807, 2.05) is 24.3 Å². The lowest BCUT2D eigenvalue weighted by Crippen LogP contribution is -2.40. The van der Waals surface area contributed by atoms with E-state index in [2.05, 4.69) is 10.2 Å². The largest absolute Gasteiger partial charge is 0.468 e. The van der Waals surface area contributed by atoms with E-state index in [-0.39, 0.29) is 5.97 Å². The molecule has 1 aliphatic heterocycles. The first kappa shape index (κ1) is 16.3. The molecule has 1 saturated heterocycles. The standard InChI is InChI=1S/C16H23ClN2O2/c1-21-16(20)12-19(11-14-3-2-8-18-9-14)10-13-4-6-15(17)7-5-13/h4-7,14,18H,2-3,8-12H2,1H3. The van der Waals surface area contributed by atoms with Crippen molar-refractivity contribution in [1.29, 1.82) is 0 Å². The highest BCUT2D eigenvalue weighted by atomic mass is 35.5. The number of piperidine rings is 1. The van der Waals surface area contributed by atoms with Gasteiger partial charge in [-0.05, 0) is 49.5 Å². The van der Waals surface area contributed by atoms with Crippen LogP contribution in [0.3, 0.4) is 0 Å². The van der Waals surface area contributed by atoms with Crippen LogP contribution in [0.25, 0.3) is 0 Å². The van der Waals surface area contributed by atoms with Gasteiger partial charge in [0.05, 0.1) is 13.7 Å². The van der Waals surface area contributed by atoms with Crippen molar-refractivity contribution in [3.8, 4) is 0 Å². The molecule has 1 heterocycles. The molecule has 0 saturated carbocycles. The predicted octanol–water partition coefficient (Wildman–Crippen LogP) is 2.31. The van der Waals surface area contributed by atoms with E-state index in [9.17, 15) is 4.79 Å². The topological polar surface area (TPSA) is 41.6 Å². The summed E-state index contributed by atoms with van der Waals surface area (Å²) in [6.07, 6.45) is 2.42. The van der Waals surface area contributed by atoms with Crippen LogP contribution in [-0.4, -0.2) is 44.2 Å². The minimum absolute atomic E-state index is 0.187. The second-order valence-electron chi connectivity index (χ2n) is 5.58. The Morgan fingerprint density at radius 3 is 2.81 bits per heavy atom. The monoisotopic (exact) mass is 310 g/mol. The first-order valence-corrected chi connectivity index (χ1v) is 7.79. The van der Waals surface area contributed by atoms with Gasteiger partial charge in [-0.25, -0.2) is 0 Å². The number of esters is 1. The maximum absolute atomic E-state index is 11.6. The quantitative estimate of drug-likeness (QED) is 0.819.